The molecular formula is C14H23NO3. The Kier molecular flexibility index (Phi) is 5.95. The fraction of sp³-hybridized carbons (Fsp3) is 0.571. The average Bonchev–Trinajstić information content (AvgIpc) is 2.36. The summed E-state index contributed by atoms with van der Waals surface area (Å²) in [5, 5.41) is 0. The van der Waals surface area contributed by atoms with E-state index in [1.54, 1.807) is 21.3 Å². The van der Waals surface area contributed by atoms with Gasteiger partial charge < -0.3 is 14.2 Å². The van der Waals surface area contributed by atoms with Crippen molar-refractivity contribution in [1.82, 2.24) is 4.90 Å². The molecule has 0 atom stereocenters. The Morgan fingerprint density at radius 1 is 1.11 bits per heavy atom. The van der Waals surface area contributed by atoms with E-state index >= 15 is 0 Å². The lowest BCUT2D eigenvalue weighted by molar-refractivity contribution is 0.0826. The summed E-state index contributed by atoms with van der Waals surface area (Å²) >= 11 is 0. The number of nitrogens with zero attached hydrogens (tertiary/aromatic N) is 1. The molecule has 18 heavy (non-hydrogen) atoms. The van der Waals surface area contributed by atoms with Gasteiger partial charge in [0.25, 0.3) is 0 Å². The van der Waals surface area contributed by atoms with E-state index < -0.39 is 0 Å². The van der Waals surface area contributed by atoms with Gasteiger partial charge in [0, 0.05) is 19.2 Å². The second-order valence-corrected chi connectivity index (χ2v) is 4.33. The molecule has 0 amide bonds. The van der Waals surface area contributed by atoms with Crippen molar-refractivity contribution in [3.05, 3.63) is 23.3 Å². The van der Waals surface area contributed by atoms with Crippen molar-refractivity contribution < 1.29 is 14.2 Å². The van der Waals surface area contributed by atoms with Crippen molar-refractivity contribution in [2.75, 3.05) is 41.7 Å². The molecule has 0 saturated carbocycles. The molecule has 0 unspecified atom stereocenters. The number of likely N-dealkylation sites (N-methyl/N-ethyl adjacent to an activating group) is 1. The number of methoxy groups -OCH3 is 3. The predicted molar refractivity (Wildman–Crippen MR) is 72.5 cm³/mol. The first-order chi connectivity index (χ1) is 8.63. The van der Waals surface area contributed by atoms with Crippen LogP contribution in [0.3, 0.4) is 0 Å². The molecule has 0 aromatic heterocycles. The second kappa shape index (κ2) is 7.24. The lowest BCUT2D eigenvalue weighted by Crippen LogP contribution is -2.23. The van der Waals surface area contributed by atoms with Gasteiger partial charge >= 0.3 is 0 Å². The summed E-state index contributed by atoms with van der Waals surface area (Å²) in [4.78, 5) is 2.12. The van der Waals surface area contributed by atoms with Gasteiger partial charge in [0.05, 0.1) is 21.0 Å². The lowest BCUT2D eigenvalue weighted by Gasteiger charge is -2.18. The van der Waals surface area contributed by atoms with Gasteiger partial charge in [-0.3, -0.25) is 4.90 Å². The highest BCUT2D eigenvalue weighted by molar-refractivity contribution is 5.49. The second-order valence-electron chi connectivity index (χ2n) is 4.33. The van der Waals surface area contributed by atoms with Crippen LogP contribution >= 0.6 is 0 Å². The number of rotatable bonds is 7. The third-order valence-electron chi connectivity index (χ3n) is 2.97. The van der Waals surface area contributed by atoms with E-state index in [1.807, 2.05) is 20.0 Å². The molecular weight excluding hydrogens is 230 g/mol. The zero-order valence-corrected chi connectivity index (χ0v) is 11.9. The maximum absolute atomic E-state index is 5.48. The van der Waals surface area contributed by atoms with Crippen molar-refractivity contribution in [2.24, 2.45) is 0 Å². The molecule has 0 fully saturated rings. The van der Waals surface area contributed by atoms with E-state index in [9.17, 15) is 0 Å². The van der Waals surface area contributed by atoms with Crippen LogP contribution in [-0.4, -0.2) is 46.6 Å². The van der Waals surface area contributed by atoms with Crippen molar-refractivity contribution >= 4 is 0 Å². The zero-order chi connectivity index (χ0) is 13.5. The fourth-order valence-corrected chi connectivity index (χ4v) is 2.03. The predicted octanol–water partition coefficient (Wildman–Crippen LogP) is 2.09. The molecule has 0 aliphatic heterocycles. The van der Waals surface area contributed by atoms with Crippen LogP contribution in [0.1, 0.15) is 11.1 Å². The lowest BCUT2D eigenvalue weighted by atomic mass is 10.1. The molecule has 1 rings (SSSR count). The number of hydrogen-bond donors (Lipinski definition) is 0. The molecule has 0 aliphatic rings. The first-order valence-electron chi connectivity index (χ1n) is 6.02. The molecule has 0 saturated heterocycles. The SMILES string of the molecule is COCN(C)CCc1ccc(OC)c(C)c1OC. The van der Waals surface area contributed by atoms with Crippen molar-refractivity contribution in [3.63, 3.8) is 0 Å². The molecule has 102 valence electrons. The van der Waals surface area contributed by atoms with Gasteiger partial charge in [-0.2, -0.15) is 0 Å². The van der Waals surface area contributed by atoms with E-state index in [1.165, 1.54) is 5.56 Å². The van der Waals surface area contributed by atoms with Crippen LogP contribution < -0.4 is 9.47 Å². The molecule has 0 bridgehead atoms. The van der Waals surface area contributed by atoms with Crippen LogP contribution in [-0.2, 0) is 11.2 Å². The number of ether oxygens (including phenoxy) is 3. The van der Waals surface area contributed by atoms with E-state index in [0.29, 0.717) is 6.73 Å². The van der Waals surface area contributed by atoms with Crippen LogP contribution in [0.15, 0.2) is 12.1 Å². The Morgan fingerprint density at radius 2 is 1.83 bits per heavy atom. The molecule has 1 aromatic carbocycles. The molecule has 1 aromatic rings. The molecule has 0 aliphatic carbocycles. The Labute approximate surface area is 109 Å². The Hall–Kier alpha value is -1.26. The van der Waals surface area contributed by atoms with E-state index in [-0.39, 0.29) is 0 Å². The summed E-state index contributed by atoms with van der Waals surface area (Å²) in [5.74, 6) is 1.78. The summed E-state index contributed by atoms with van der Waals surface area (Å²) < 4.78 is 15.9. The Bertz CT molecular complexity index is 380. The van der Waals surface area contributed by atoms with Gasteiger partial charge in [0.2, 0.25) is 0 Å². The first kappa shape index (κ1) is 14.8. The quantitative estimate of drug-likeness (QED) is 0.696. The van der Waals surface area contributed by atoms with Crippen LogP contribution in [0, 0.1) is 6.92 Å². The standard InChI is InChI=1S/C14H23NO3/c1-11-13(17-4)7-6-12(14(11)18-5)8-9-15(2)10-16-3/h6-7H,8-10H2,1-5H3. The first-order valence-corrected chi connectivity index (χ1v) is 6.02. The van der Waals surface area contributed by atoms with Crippen LogP contribution in [0.4, 0.5) is 0 Å². The highest BCUT2D eigenvalue weighted by Crippen LogP contribution is 2.31. The highest BCUT2D eigenvalue weighted by Gasteiger charge is 2.11. The minimum absolute atomic E-state index is 0.636. The molecule has 0 spiro atoms. The van der Waals surface area contributed by atoms with Gasteiger partial charge in [-0.15, -0.1) is 0 Å². The van der Waals surface area contributed by atoms with Gasteiger partial charge in [-0.05, 0) is 32.0 Å². The van der Waals surface area contributed by atoms with E-state index in [4.69, 9.17) is 14.2 Å². The molecule has 4 nitrogen and oxygen atoms in total. The third-order valence-corrected chi connectivity index (χ3v) is 2.97. The molecule has 4 heteroatoms. The van der Waals surface area contributed by atoms with Crippen molar-refractivity contribution in [3.8, 4) is 11.5 Å². The summed E-state index contributed by atoms with van der Waals surface area (Å²) in [6, 6.07) is 4.05. The smallest absolute Gasteiger partial charge is 0.128 e. The average molecular weight is 253 g/mol. The fourth-order valence-electron chi connectivity index (χ4n) is 2.03. The summed E-state index contributed by atoms with van der Waals surface area (Å²) in [6.07, 6.45) is 0.924. The minimum Gasteiger partial charge on any atom is -0.496 e. The Balaban J connectivity index is 2.79. The zero-order valence-electron chi connectivity index (χ0n) is 11.9. The van der Waals surface area contributed by atoms with E-state index in [2.05, 4.69) is 11.0 Å². The van der Waals surface area contributed by atoms with E-state index in [0.717, 1.165) is 30.0 Å². The third kappa shape index (κ3) is 3.62. The number of hydrogen-bond acceptors (Lipinski definition) is 4. The maximum Gasteiger partial charge on any atom is 0.128 e. The van der Waals surface area contributed by atoms with Crippen molar-refractivity contribution in [2.45, 2.75) is 13.3 Å². The summed E-state index contributed by atoms with van der Waals surface area (Å²) in [5.41, 5.74) is 2.24. The molecule has 0 radical (unpaired) electrons. The van der Waals surface area contributed by atoms with Gasteiger partial charge in [-0.1, -0.05) is 6.07 Å². The normalized spacial score (nSPS) is 10.8. The van der Waals surface area contributed by atoms with Gasteiger partial charge in [0.1, 0.15) is 11.5 Å². The topological polar surface area (TPSA) is 30.9 Å². The molecule has 0 heterocycles. The minimum atomic E-state index is 0.636. The largest absolute Gasteiger partial charge is 0.496 e. The maximum atomic E-state index is 5.48. The van der Waals surface area contributed by atoms with Gasteiger partial charge in [-0.25, -0.2) is 0 Å². The van der Waals surface area contributed by atoms with Crippen LogP contribution in [0.5, 0.6) is 11.5 Å². The Morgan fingerprint density at radius 3 is 2.39 bits per heavy atom. The summed E-state index contributed by atoms with van der Waals surface area (Å²) in [7, 11) is 7.11. The number of benzene rings is 1. The monoisotopic (exact) mass is 253 g/mol. The van der Waals surface area contributed by atoms with Gasteiger partial charge in [0.15, 0.2) is 0 Å². The summed E-state index contributed by atoms with van der Waals surface area (Å²) in [6.45, 7) is 3.58. The van der Waals surface area contributed by atoms with Crippen LogP contribution in [0.2, 0.25) is 0 Å². The highest BCUT2D eigenvalue weighted by atomic mass is 16.5. The van der Waals surface area contributed by atoms with Crippen LogP contribution in [0.25, 0.3) is 0 Å². The molecule has 0 N–H and O–H groups in total. The van der Waals surface area contributed by atoms with Crippen molar-refractivity contribution in [1.29, 1.82) is 0 Å².